The molecule has 0 aliphatic carbocycles. The van der Waals surface area contributed by atoms with Crippen molar-refractivity contribution in [1.29, 1.82) is 0 Å². The molecule has 0 saturated carbocycles. The number of aromatic nitrogens is 1. The van der Waals surface area contributed by atoms with Gasteiger partial charge < -0.3 is 0 Å². The molecule has 0 bridgehead atoms. The molecule has 1 aliphatic rings. The van der Waals surface area contributed by atoms with Crippen molar-refractivity contribution in [3.05, 3.63) is 71.2 Å². The molecule has 114 valence electrons. The van der Waals surface area contributed by atoms with Gasteiger partial charge in [-0.05, 0) is 0 Å². The Morgan fingerprint density at radius 3 is 2.83 bits per heavy atom. The Balaban J connectivity index is 1.59. The third-order valence-electron chi connectivity index (χ3n) is 3.74. The van der Waals surface area contributed by atoms with E-state index in [1.807, 2.05) is 36.4 Å². The molecule has 0 unspecified atom stereocenters. The zero-order chi connectivity index (χ0) is 15.6. The molecular formula is C19H16N2OSe. The number of benzene rings is 2. The van der Waals surface area contributed by atoms with Crippen LogP contribution in [0.2, 0.25) is 0 Å². The van der Waals surface area contributed by atoms with Crippen LogP contribution in [0.25, 0.3) is 17.2 Å². The van der Waals surface area contributed by atoms with Crippen LogP contribution in [0.3, 0.4) is 0 Å². The van der Waals surface area contributed by atoms with Gasteiger partial charge in [-0.2, -0.15) is 0 Å². The van der Waals surface area contributed by atoms with Crippen LogP contribution in [-0.2, 0) is 0 Å². The third kappa shape index (κ3) is 2.72. The van der Waals surface area contributed by atoms with E-state index < -0.39 is 0 Å². The molecule has 1 aliphatic heterocycles. The molecular weight excluding hydrogens is 351 g/mol. The quantitative estimate of drug-likeness (QED) is 0.663. The van der Waals surface area contributed by atoms with Gasteiger partial charge >= 0.3 is 141 Å². The minimum atomic E-state index is 0.359. The standard InChI is InChI=1S/C19H16N2OSe/c1-2-21-15-9-4-6-11-17(15)23-19(21)13-7-12-18-20-14-8-3-5-10-16(14)22-18/h3-13H,2H2,1H3. The van der Waals surface area contributed by atoms with Crippen LogP contribution in [0.15, 0.2) is 69.7 Å². The number of nitrogens with zero attached hydrogens (tertiary/aromatic N) is 2. The van der Waals surface area contributed by atoms with Crippen molar-refractivity contribution in [2.45, 2.75) is 6.92 Å². The fourth-order valence-electron chi connectivity index (χ4n) is 2.68. The summed E-state index contributed by atoms with van der Waals surface area (Å²) < 4.78 is 8.53. The van der Waals surface area contributed by atoms with Crippen LogP contribution < -0.4 is 9.36 Å². The summed E-state index contributed by atoms with van der Waals surface area (Å²) in [4.78, 5) is 6.84. The van der Waals surface area contributed by atoms with Crippen molar-refractivity contribution in [2.24, 2.45) is 0 Å². The van der Waals surface area contributed by atoms with Gasteiger partial charge in [-0.25, -0.2) is 0 Å². The SMILES string of the molecule is CCN1C(=CC=Cc2nc3ccccc3o2)[Se]c2ccccc21. The van der Waals surface area contributed by atoms with E-state index in [1.54, 1.807) is 0 Å². The first-order valence-electron chi connectivity index (χ1n) is 7.63. The van der Waals surface area contributed by atoms with E-state index in [0.29, 0.717) is 20.8 Å². The van der Waals surface area contributed by atoms with Crippen molar-refractivity contribution >= 4 is 42.3 Å². The fourth-order valence-corrected chi connectivity index (χ4v) is 5.07. The van der Waals surface area contributed by atoms with E-state index in [-0.39, 0.29) is 0 Å². The van der Waals surface area contributed by atoms with E-state index in [1.165, 1.54) is 14.7 Å². The molecule has 23 heavy (non-hydrogen) atoms. The predicted octanol–water partition coefficient (Wildman–Crippen LogP) is 3.55. The molecule has 4 rings (SSSR count). The molecule has 1 aromatic heterocycles. The molecule has 0 atom stereocenters. The van der Waals surface area contributed by atoms with Crippen LogP contribution >= 0.6 is 0 Å². The zero-order valence-corrected chi connectivity index (χ0v) is 14.5. The first-order valence-corrected chi connectivity index (χ1v) is 9.35. The molecule has 2 heterocycles. The Hall–Kier alpha value is -2.29. The van der Waals surface area contributed by atoms with Gasteiger partial charge in [0.15, 0.2) is 0 Å². The molecule has 3 aromatic rings. The predicted molar refractivity (Wildman–Crippen MR) is 96.0 cm³/mol. The maximum absolute atomic E-state index is 5.71. The van der Waals surface area contributed by atoms with Crippen molar-refractivity contribution in [3.63, 3.8) is 0 Å². The van der Waals surface area contributed by atoms with Gasteiger partial charge in [0, 0.05) is 0 Å². The van der Waals surface area contributed by atoms with Gasteiger partial charge in [0.25, 0.3) is 0 Å². The number of anilines is 1. The van der Waals surface area contributed by atoms with Crippen molar-refractivity contribution in [2.75, 3.05) is 11.4 Å². The monoisotopic (exact) mass is 368 g/mol. The summed E-state index contributed by atoms with van der Waals surface area (Å²) in [5.74, 6) is 0.647. The van der Waals surface area contributed by atoms with Crippen molar-refractivity contribution in [1.82, 2.24) is 4.98 Å². The van der Waals surface area contributed by atoms with E-state index in [2.05, 4.69) is 47.1 Å². The molecule has 0 radical (unpaired) electrons. The first kappa shape index (κ1) is 14.3. The van der Waals surface area contributed by atoms with Crippen molar-refractivity contribution in [3.8, 4) is 0 Å². The van der Waals surface area contributed by atoms with E-state index in [9.17, 15) is 0 Å². The molecule has 0 spiro atoms. The van der Waals surface area contributed by atoms with Crippen LogP contribution in [0.5, 0.6) is 0 Å². The second-order valence-electron chi connectivity index (χ2n) is 5.20. The summed E-state index contributed by atoms with van der Waals surface area (Å²) in [6.07, 6.45) is 6.15. The average molecular weight is 367 g/mol. The topological polar surface area (TPSA) is 29.3 Å². The number of hydrogen-bond acceptors (Lipinski definition) is 3. The molecule has 0 N–H and O–H groups in total. The van der Waals surface area contributed by atoms with Crippen LogP contribution in [0.4, 0.5) is 5.69 Å². The Kier molecular flexibility index (Phi) is 3.78. The van der Waals surface area contributed by atoms with Gasteiger partial charge in [0.05, 0.1) is 0 Å². The van der Waals surface area contributed by atoms with Crippen LogP contribution in [0, 0.1) is 0 Å². The second-order valence-corrected chi connectivity index (χ2v) is 7.43. The van der Waals surface area contributed by atoms with Gasteiger partial charge in [0.2, 0.25) is 0 Å². The summed E-state index contributed by atoms with van der Waals surface area (Å²) in [5.41, 5.74) is 3.07. The number of rotatable bonds is 3. The van der Waals surface area contributed by atoms with Crippen LogP contribution in [-0.4, -0.2) is 26.5 Å². The Labute approximate surface area is 141 Å². The summed E-state index contributed by atoms with van der Waals surface area (Å²) in [6.45, 7) is 3.18. The summed E-state index contributed by atoms with van der Waals surface area (Å²) in [6, 6.07) is 16.5. The second kappa shape index (κ2) is 6.07. The van der Waals surface area contributed by atoms with E-state index in [4.69, 9.17) is 4.42 Å². The number of oxazole rings is 1. The average Bonchev–Trinajstić information content (AvgIpc) is 3.14. The molecule has 2 aromatic carbocycles. The Morgan fingerprint density at radius 2 is 1.96 bits per heavy atom. The van der Waals surface area contributed by atoms with E-state index in [0.717, 1.165) is 17.6 Å². The summed E-state index contributed by atoms with van der Waals surface area (Å²) in [5, 5.41) is 0. The molecule has 4 heteroatoms. The molecule has 0 saturated heterocycles. The zero-order valence-electron chi connectivity index (χ0n) is 12.8. The summed E-state index contributed by atoms with van der Waals surface area (Å²) in [7, 11) is 0. The normalized spacial score (nSPS) is 15.9. The third-order valence-corrected chi connectivity index (χ3v) is 6.11. The number of allylic oxidation sites excluding steroid dienone is 2. The summed E-state index contributed by atoms with van der Waals surface area (Å²) >= 11 is 0.359. The van der Waals surface area contributed by atoms with Gasteiger partial charge in [-0.3, -0.25) is 0 Å². The van der Waals surface area contributed by atoms with Crippen LogP contribution in [0.1, 0.15) is 12.8 Å². The number of fused-ring (bicyclic) bond motifs is 2. The first-order chi connectivity index (χ1) is 11.3. The van der Waals surface area contributed by atoms with Gasteiger partial charge in [-0.1, -0.05) is 0 Å². The Morgan fingerprint density at radius 1 is 1.13 bits per heavy atom. The molecule has 3 nitrogen and oxygen atoms in total. The minimum absolute atomic E-state index is 0.359. The van der Waals surface area contributed by atoms with Gasteiger partial charge in [0.1, 0.15) is 0 Å². The molecule has 0 amide bonds. The number of para-hydroxylation sites is 3. The number of hydrogen-bond donors (Lipinski definition) is 0. The van der Waals surface area contributed by atoms with Crippen molar-refractivity contribution < 1.29 is 4.42 Å². The Bertz CT molecular complexity index is 877. The van der Waals surface area contributed by atoms with Gasteiger partial charge in [-0.15, -0.1) is 0 Å². The maximum atomic E-state index is 5.71. The fraction of sp³-hybridized carbons (Fsp3) is 0.105. The molecule has 0 fully saturated rings. The van der Waals surface area contributed by atoms with E-state index >= 15 is 0 Å².